The Bertz CT molecular complexity index is 661. The molecule has 0 spiro atoms. The lowest BCUT2D eigenvalue weighted by atomic mass is 9.92. The first-order valence-corrected chi connectivity index (χ1v) is 10.1. The quantitative estimate of drug-likeness (QED) is 0.557. The fourth-order valence-electron chi connectivity index (χ4n) is 3.16. The number of carbonyl (C=O) groups excluding carboxylic acids is 1. The van der Waals surface area contributed by atoms with E-state index in [0.717, 1.165) is 38.7 Å². The van der Waals surface area contributed by atoms with Crippen molar-refractivity contribution in [1.82, 2.24) is 20.4 Å². The number of nitrogens with one attached hydrogen (secondary N) is 2. The van der Waals surface area contributed by atoms with Gasteiger partial charge in [0.05, 0.1) is 5.41 Å². The number of carbonyl (C=O) groups is 1. The van der Waals surface area contributed by atoms with E-state index in [9.17, 15) is 4.79 Å². The number of nitrogens with zero attached hydrogens (tertiary/aromatic N) is 3. The van der Waals surface area contributed by atoms with Gasteiger partial charge in [-0.3, -0.25) is 14.7 Å². The first-order chi connectivity index (χ1) is 13.5. The first-order valence-electron chi connectivity index (χ1n) is 10.1. The predicted octanol–water partition coefficient (Wildman–Crippen LogP) is 2.06. The van der Waals surface area contributed by atoms with Crippen molar-refractivity contribution in [2.24, 2.45) is 10.4 Å². The van der Waals surface area contributed by atoms with Crippen LogP contribution in [0.25, 0.3) is 6.08 Å². The molecule has 1 heterocycles. The summed E-state index contributed by atoms with van der Waals surface area (Å²) in [5.41, 5.74) is 0.760. The highest BCUT2D eigenvalue weighted by molar-refractivity contribution is 5.84. The largest absolute Gasteiger partial charge is 0.356 e. The molecule has 1 aromatic carbocycles. The van der Waals surface area contributed by atoms with Crippen LogP contribution in [0.4, 0.5) is 0 Å². The average Bonchev–Trinajstić information content (AvgIpc) is 2.70. The van der Waals surface area contributed by atoms with Gasteiger partial charge in [-0.05, 0) is 26.3 Å². The van der Waals surface area contributed by atoms with Crippen LogP contribution in [0.15, 0.2) is 41.4 Å². The van der Waals surface area contributed by atoms with Gasteiger partial charge in [0.2, 0.25) is 5.91 Å². The summed E-state index contributed by atoms with van der Waals surface area (Å²) < 4.78 is 0. The Morgan fingerprint density at radius 3 is 2.43 bits per heavy atom. The van der Waals surface area contributed by atoms with Crippen LogP contribution in [0.5, 0.6) is 0 Å². The molecular weight excluding hydrogens is 350 g/mol. The number of aliphatic imine (C=N–C) groups is 1. The van der Waals surface area contributed by atoms with E-state index in [-0.39, 0.29) is 5.91 Å². The van der Waals surface area contributed by atoms with E-state index in [1.54, 1.807) is 7.05 Å². The van der Waals surface area contributed by atoms with E-state index in [1.165, 1.54) is 5.56 Å². The van der Waals surface area contributed by atoms with Crippen LogP contribution < -0.4 is 10.6 Å². The van der Waals surface area contributed by atoms with Gasteiger partial charge in [-0.25, -0.2) is 0 Å². The van der Waals surface area contributed by atoms with Crippen molar-refractivity contribution < 1.29 is 4.79 Å². The van der Waals surface area contributed by atoms with Crippen molar-refractivity contribution in [3.05, 3.63) is 42.0 Å². The third kappa shape index (κ3) is 6.68. The second-order valence-corrected chi connectivity index (χ2v) is 7.74. The van der Waals surface area contributed by atoms with Crippen LogP contribution in [0.1, 0.15) is 26.3 Å². The zero-order chi connectivity index (χ0) is 20.4. The molecule has 1 aromatic rings. The number of guanidine groups is 1. The molecule has 154 valence electrons. The van der Waals surface area contributed by atoms with E-state index in [1.807, 2.05) is 26.8 Å². The van der Waals surface area contributed by atoms with Gasteiger partial charge >= 0.3 is 0 Å². The topological polar surface area (TPSA) is 60.0 Å². The minimum Gasteiger partial charge on any atom is -0.356 e. The molecule has 1 fully saturated rings. The normalized spacial score (nSPS) is 16.4. The molecule has 0 aromatic heterocycles. The SMILES string of the molecule is CCNC(=O)C(C)(C)CNC(=NC)N1CCN(C/C=C/c2ccccc2)CC1. The summed E-state index contributed by atoms with van der Waals surface area (Å²) in [6, 6.07) is 10.4. The molecule has 28 heavy (non-hydrogen) atoms. The van der Waals surface area contributed by atoms with E-state index in [4.69, 9.17) is 0 Å². The van der Waals surface area contributed by atoms with Gasteiger partial charge in [-0.1, -0.05) is 42.5 Å². The Balaban J connectivity index is 1.77. The highest BCUT2D eigenvalue weighted by Crippen LogP contribution is 2.14. The molecule has 2 N–H and O–H groups in total. The molecule has 1 aliphatic rings. The second kappa shape index (κ2) is 10.9. The maximum atomic E-state index is 12.2. The molecule has 0 radical (unpaired) electrons. The smallest absolute Gasteiger partial charge is 0.227 e. The van der Waals surface area contributed by atoms with E-state index in [2.05, 4.69) is 61.8 Å². The summed E-state index contributed by atoms with van der Waals surface area (Å²) in [6.45, 7) is 11.9. The number of benzene rings is 1. The maximum absolute atomic E-state index is 12.2. The molecule has 1 saturated heterocycles. The molecule has 1 amide bonds. The van der Waals surface area contributed by atoms with E-state index in [0.29, 0.717) is 13.1 Å². The molecule has 6 heteroatoms. The highest BCUT2D eigenvalue weighted by Gasteiger charge is 2.28. The van der Waals surface area contributed by atoms with Gasteiger partial charge < -0.3 is 15.5 Å². The Hall–Kier alpha value is -2.34. The Labute approximate surface area is 169 Å². The van der Waals surface area contributed by atoms with Crippen molar-refractivity contribution in [3.63, 3.8) is 0 Å². The second-order valence-electron chi connectivity index (χ2n) is 7.74. The summed E-state index contributed by atoms with van der Waals surface area (Å²) in [5.74, 6) is 0.935. The minimum absolute atomic E-state index is 0.0629. The Morgan fingerprint density at radius 1 is 1.14 bits per heavy atom. The standard InChI is InChI=1S/C22H35N5O/c1-5-24-20(28)22(2,3)18-25-21(23-4)27-16-14-26(15-17-27)13-9-12-19-10-7-6-8-11-19/h6-12H,5,13-18H2,1-4H3,(H,23,25)(H,24,28)/b12-9+. The van der Waals surface area contributed by atoms with Gasteiger partial charge in [0.25, 0.3) is 0 Å². The van der Waals surface area contributed by atoms with Gasteiger partial charge in [0.15, 0.2) is 5.96 Å². The van der Waals surface area contributed by atoms with Crippen LogP contribution >= 0.6 is 0 Å². The fraction of sp³-hybridized carbons (Fsp3) is 0.545. The zero-order valence-corrected chi connectivity index (χ0v) is 17.7. The van der Waals surface area contributed by atoms with Gasteiger partial charge in [0.1, 0.15) is 0 Å². The first kappa shape index (κ1) is 22.0. The minimum atomic E-state index is -0.476. The number of hydrogen-bond donors (Lipinski definition) is 2. The molecule has 2 rings (SSSR count). The average molecular weight is 386 g/mol. The molecule has 0 bridgehead atoms. The van der Waals surface area contributed by atoms with E-state index < -0.39 is 5.41 Å². The third-order valence-corrected chi connectivity index (χ3v) is 5.00. The van der Waals surface area contributed by atoms with Crippen molar-refractivity contribution >= 4 is 17.9 Å². The van der Waals surface area contributed by atoms with Gasteiger partial charge in [-0.15, -0.1) is 0 Å². The van der Waals surface area contributed by atoms with Gasteiger partial charge in [-0.2, -0.15) is 0 Å². The van der Waals surface area contributed by atoms with Crippen LogP contribution in [0.3, 0.4) is 0 Å². The molecular formula is C22H35N5O. The van der Waals surface area contributed by atoms with E-state index >= 15 is 0 Å². The maximum Gasteiger partial charge on any atom is 0.227 e. The Morgan fingerprint density at radius 2 is 1.82 bits per heavy atom. The predicted molar refractivity (Wildman–Crippen MR) is 117 cm³/mol. The molecule has 6 nitrogen and oxygen atoms in total. The summed E-state index contributed by atoms with van der Waals surface area (Å²) >= 11 is 0. The molecule has 0 unspecified atom stereocenters. The van der Waals surface area contributed by atoms with Gasteiger partial charge in [0, 0.05) is 52.9 Å². The van der Waals surface area contributed by atoms with Crippen LogP contribution in [-0.2, 0) is 4.79 Å². The van der Waals surface area contributed by atoms with Crippen molar-refractivity contribution in [2.75, 3.05) is 52.9 Å². The monoisotopic (exact) mass is 385 g/mol. The van der Waals surface area contributed by atoms with Crippen LogP contribution in [0.2, 0.25) is 0 Å². The Kier molecular flexibility index (Phi) is 8.51. The molecule has 0 saturated carbocycles. The number of hydrogen-bond acceptors (Lipinski definition) is 3. The summed E-state index contributed by atoms with van der Waals surface area (Å²) in [7, 11) is 1.80. The lowest BCUT2D eigenvalue weighted by Gasteiger charge is -2.37. The fourth-order valence-corrected chi connectivity index (χ4v) is 3.16. The van der Waals surface area contributed by atoms with Crippen molar-refractivity contribution in [1.29, 1.82) is 0 Å². The lowest BCUT2D eigenvalue weighted by Crippen LogP contribution is -2.54. The van der Waals surface area contributed by atoms with Crippen molar-refractivity contribution in [3.8, 4) is 0 Å². The number of piperazine rings is 1. The van der Waals surface area contributed by atoms with Crippen LogP contribution in [0, 0.1) is 5.41 Å². The molecule has 0 atom stereocenters. The summed E-state index contributed by atoms with van der Waals surface area (Å²) in [4.78, 5) is 21.3. The lowest BCUT2D eigenvalue weighted by molar-refractivity contribution is -0.128. The zero-order valence-electron chi connectivity index (χ0n) is 17.7. The van der Waals surface area contributed by atoms with Crippen molar-refractivity contribution in [2.45, 2.75) is 20.8 Å². The summed E-state index contributed by atoms with van der Waals surface area (Å²) in [5, 5.41) is 6.28. The number of amides is 1. The highest BCUT2D eigenvalue weighted by atomic mass is 16.2. The molecule has 1 aliphatic heterocycles. The molecule has 0 aliphatic carbocycles. The van der Waals surface area contributed by atoms with Crippen LogP contribution in [-0.4, -0.2) is 74.5 Å². The summed E-state index contributed by atoms with van der Waals surface area (Å²) in [6.07, 6.45) is 4.41. The number of rotatable bonds is 7. The third-order valence-electron chi connectivity index (χ3n) is 5.00.